The second-order valence-corrected chi connectivity index (χ2v) is 1.14. The highest BCUT2D eigenvalue weighted by Crippen LogP contribution is 1.84. The summed E-state index contributed by atoms with van der Waals surface area (Å²) in [7, 11) is 0. The lowest BCUT2D eigenvalue weighted by Crippen LogP contribution is -2.11. The van der Waals surface area contributed by atoms with E-state index in [9.17, 15) is 4.79 Å². The average molecular weight is 102 g/mol. The van der Waals surface area contributed by atoms with Crippen molar-refractivity contribution in [3.63, 3.8) is 0 Å². The van der Waals surface area contributed by atoms with E-state index in [-0.39, 0.29) is 0 Å². The molecule has 4 heteroatoms. The SMILES string of the molecule is CC(N=N)C(=O)O. The third kappa shape index (κ3) is 1.86. The highest BCUT2D eigenvalue weighted by molar-refractivity contribution is 5.72. The van der Waals surface area contributed by atoms with Gasteiger partial charge in [-0.05, 0) is 6.92 Å². The number of hydrogen-bond acceptors (Lipinski definition) is 3. The van der Waals surface area contributed by atoms with Gasteiger partial charge in [-0.3, -0.25) is 0 Å². The molecular weight excluding hydrogens is 96.0 g/mol. The number of nitrogens with one attached hydrogen (secondary N) is 1. The van der Waals surface area contributed by atoms with Gasteiger partial charge >= 0.3 is 5.97 Å². The maximum Gasteiger partial charge on any atom is 0.330 e. The van der Waals surface area contributed by atoms with Crippen LogP contribution < -0.4 is 0 Å². The Kier molecular flexibility index (Phi) is 1.98. The van der Waals surface area contributed by atoms with Crippen molar-refractivity contribution in [3.05, 3.63) is 0 Å². The Bertz CT molecular complexity index is 90.9. The summed E-state index contributed by atoms with van der Waals surface area (Å²) < 4.78 is 0. The van der Waals surface area contributed by atoms with Crippen molar-refractivity contribution in [2.75, 3.05) is 0 Å². The van der Waals surface area contributed by atoms with Gasteiger partial charge in [0, 0.05) is 0 Å². The summed E-state index contributed by atoms with van der Waals surface area (Å²) in [4.78, 5) is 9.72. The quantitative estimate of drug-likeness (QED) is 0.498. The van der Waals surface area contributed by atoms with Crippen LogP contribution in [0.3, 0.4) is 0 Å². The Morgan fingerprint density at radius 2 is 2.43 bits per heavy atom. The first-order chi connectivity index (χ1) is 3.18. The Labute approximate surface area is 40.7 Å². The molecule has 0 rings (SSSR count). The van der Waals surface area contributed by atoms with Gasteiger partial charge in [-0.1, -0.05) is 0 Å². The number of rotatable bonds is 2. The van der Waals surface area contributed by atoms with Crippen molar-refractivity contribution in [1.82, 2.24) is 0 Å². The standard InChI is InChI=1S/C3H6N2O2/c1-2(5-4)3(6)7/h2,4H,1H3,(H,6,7). The van der Waals surface area contributed by atoms with E-state index in [1.54, 1.807) is 0 Å². The molecule has 0 aromatic rings. The van der Waals surface area contributed by atoms with Gasteiger partial charge in [0.2, 0.25) is 0 Å². The number of carbonyl (C=O) groups is 1. The molecule has 0 aromatic heterocycles. The molecule has 0 aliphatic heterocycles. The molecule has 1 unspecified atom stereocenters. The van der Waals surface area contributed by atoms with Gasteiger partial charge in [0.05, 0.1) is 0 Å². The summed E-state index contributed by atoms with van der Waals surface area (Å²) >= 11 is 0. The zero-order valence-electron chi connectivity index (χ0n) is 3.88. The van der Waals surface area contributed by atoms with E-state index in [4.69, 9.17) is 10.6 Å². The average Bonchev–Trinajstić information content (AvgIpc) is 1.65. The third-order valence-corrected chi connectivity index (χ3v) is 0.551. The van der Waals surface area contributed by atoms with E-state index in [1.807, 2.05) is 0 Å². The molecule has 0 saturated heterocycles. The van der Waals surface area contributed by atoms with Crippen LogP contribution in [0.2, 0.25) is 0 Å². The van der Waals surface area contributed by atoms with Crippen LogP contribution in [0.15, 0.2) is 5.11 Å². The molecule has 0 amide bonds. The Morgan fingerprint density at radius 1 is 2.00 bits per heavy atom. The molecule has 0 saturated carbocycles. The predicted molar refractivity (Wildman–Crippen MR) is 22.2 cm³/mol. The summed E-state index contributed by atoms with van der Waals surface area (Å²) in [5.74, 6) is -1.06. The second kappa shape index (κ2) is 2.28. The Balaban J connectivity index is 3.55. The van der Waals surface area contributed by atoms with Gasteiger partial charge in [0.1, 0.15) is 0 Å². The van der Waals surface area contributed by atoms with E-state index in [0.717, 1.165) is 0 Å². The van der Waals surface area contributed by atoms with E-state index < -0.39 is 12.0 Å². The largest absolute Gasteiger partial charge is 0.480 e. The molecule has 0 aliphatic carbocycles. The number of hydrogen-bond donors (Lipinski definition) is 2. The molecule has 0 heterocycles. The number of aliphatic carboxylic acids is 1. The lowest BCUT2D eigenvalue weighted by molar-refractivity contribution is -0.138. The number of carboxylic acid groups (broad SMARTS) is 1. The molecule has 0 spiro atoms. The number of carboxylic acids is 1. The third-order valence-electron chi connectivity index (χ3n) is 0.551. The molecule has 2 N–H and O–H groups in total. The van der Waals surface area contributed by atoms with Gasteiger partial charge in [-0.15, -0.1) is 0 Å². The van der Waals surface area contributed by atoms with Crippen LogP contribution in [0, 0.1) is 5.53 Å². The van der Waals surface area contributed by atoms with Crippen LogP contribution >= 0.6 is 0 Å². The first-order valence-corrected chi connectivity index (χ1v) is 1.78. The zero-order valence-corrected chi connectivity index (χ0v) is 3.88. The van der Waals surface area contributed by atoms with Gasteiger partial charge < -0.3 is 5.11 Å². The Hall–Kier alpha value is -0.930. The van der Waals surface area contributed by atoms with Gasteiger partial charge in [-0.2, -0.15) is 5.11 Å². The summed E-state index contributed by atoms with van der Waals surface area (Å²) in [6, 6.07) is -0.889. The summed E-state index contributed by atoms with van der Waals surface area (Å²) in [5.41, 5.74) is 6.18. The smallest absolute Gasteiger partial charge is 0.330 e. The van der Waals surface area contributed by atoms with Gasteiger partial charge in [0.25, 0.3) is 0 Å². The monoisotopic (exact) mass is 102 g/mol. The van der Waals surface area contributed by atoms with E-state index in [2.05, 4.69) is 5.11 Å². The molecule has 0 fully saturated rings. The maximum atomic E-state index is 9.72. The Morgan fingerprint density at radius 3 is 2.43 bits per heavy atom. The van der Waals surface area contributed by atoms with E-state index in [1.165, 1.54) is 6.92 Å². The first-order valence-electron chi connectivity index (χ1n) is 1.78. The van der Waals surface area contributed by atoms with Crippen molar-refractivity contribution in [3.8, 4) is 0 Å². The molecule has 40 valence electrons. The lowest BCUT2D eigenvalue weighted by Gasteiger charge is -1.90. The van der Waals surface area contributed by atoms with Crippen molar-refractivity contribution in [2.45, 2.75) is 13.0 Å². The summed E-state index contributed by atoms with van der Waals surface area (Å²) in [6.45, 7) is 1.34. The van der Waals surface area contributed by atoms with Crippen LogP contribution in [0.5, 0.6) is 0 Å². The normalized spacial score (nSPS) is 12.7. The minimum Gasteiger partial charge on any atom is -0.480 e. The van der Waals surface area contributed by atoms with Crippen molar-refractivity contribution >= 4 is 5.97 Å². The zero-order chi connectivity index (χ0) is 5.86. The maximum absolute atomic E-state index is 9.72. The van der Waals surface area contributed by atoms with Crippen LogP contribution in [-0.4, -0.2) is 17.1 Å². The van der Waals surface area contributed by atoms with Gasteiger partial charge in [0.15, 0.2) is 6.04 Å². The topological polar surface area (TPSA) is 73.5 Å². The molecular formula is C3H6N2O2. The highest BCUT2D eigenvalue weighted by Gasteiger charge is 2.05. The van der Waals surface area contributed by atoms with Crippen LogP contribution in [-0.2, 0) is 4.79 Å². The molecule has 4 nitrogen and oxygen atoms in total. The van der Waals surface area contributed by atoms with Crippen LogP contribution in [0.1, 0.15) is 6.92 Å². The van der Waals surface area contributed by atoms with E-state index >= 15 is 0 Å². The van der Waals surface area contributed by atoms with Gasteiger partial charge in [-0.25, -0.2) is 10.3 Å². The summed E-state index contributed by atoms with van der Waals surface area (Å²) in [5, 5.41) is 10.7. The van der Waals surface area contributed by atoms with Crippen LogP contribution in [0.4, 0.5) is 0 Å². The highest BCUT2D eigenvalue weighted by atomic mass is 16.4. The van der Waals surface area contributed by atoms with Crippen LogP contribution in [0.25, 0.3) is 0 Å². The molecule has 7 heavy (non-hydrogen) atoms. The minimum absolute atomic E-state index is 0.889. The molecule has 0 radical (unpaired) electrons. The fourth-order valence-electron chi connectivity index (χ4n) is 0.0552. The predicted octanol–water partition coefficient (Wildman–Crippen LogP) is 0.490. The lowest BCUT2D eigenvalue weighted by atomic mass is 10.4. The molecule has 0 aliphatic rings. The van der Waals surface area contributed by atoms with E-state index in [0.29, 0.717) is 0 Å². The second-order valence-electron chi connectivity index (χ2n) is 1.14. The molecule has 1 atom stereocenters. The summed E-state index contributed by atoms with van der Waals surface area (Å²) in [6.07, 6.45) is 0. The van der Waals surface area contributed by atoms with Crippen molar-refractivity contribution < 1.29 is 9.90 Å². The van der Waals surface area contributed by atoms with Crippen molar-refractivity contribution in [2.24, 2.45) is 5.11 Å². The number of nitrogens with zero attached hydrogens (tertiary/aromatic N) is 1. The fourth-order valence-corrected chi connectivity index (χ4v) is 0.0552. The minimum atomic E-state index is -1.06. The fraction of sp³-hybridized carbons (Fsp3) is 0.667. The molecule has 0 aromatic carbocycles. The molecule has 0 bridgehead atoms. The first kappa shape index (κ1) is 6.07. The van der Waals surface area contributed by atoms with Crippen molar-refractivity contribution in [1.29, 1.82) is 5.53 Å².